The minimum Gasteiger partial charge on any atom is -0.444 e. The molecular formula is C23H34BClN2O5. The maximum atomic E-state index is 13.3. The summed E-state index contributed by atoms with van der Waals surface area (Å²) < 4.78 is 17.7. The average Bonchev–Trinajstić information content (AvgIpc) is 2.87. The van der Waals surface area contributed by atoms with E-state index in [1.807, 2.05) is 55.4 Å². The number of hydrogen-bond acceptors (Lipinski definition) is 5. The normalized spacial score (nSPS) is 22.8. The Labute approximate surface area is 196 Å². The minimum absolute atomic E-state index is 0.116. The zero-order chi connectivity index (χ0) is 24.1. The molecule has 2 heterocycles. The highest BCUT2D eigenvalue weighted by atomic mass is 35.5. The Morgan fingerprint density at radius 1 is 1.12 bits per heavy atom. The number of ether oxygens (including phenoxy) is 1. The van der Waals surface area contributed by atoms with Crippen LogP contribution >= 0.6 is 11.6 Å². The van der Waals surface area contributed by atoms with Crippen LogP contribution in [0, 0.1) is 0 Å². The molecule has 7 nitrogen and oxygen atoms in total. The molecule has 9 heteroatoms. The molecule has 176 valence electrons. The Morgan fingerprint density at radius 3 is 2.25 bits per heavy atom. The second kappa shape index (κ2) is 8.54. The van der Waals surface area contributed by atoms with Crippen molar-refractivity contribution in [3.05, 3.63) is 28.8 Å². The van der Waals surface area contributed by atoms with Crippen LogP contribution in [0.5, 0.6) is 0 Å². The first-order chi connectivity index (χ1) is 14.6. The highest BCUT2D eigenvalue weighted by Gasteiger charge is 2.52. The molecule has 2 aliphatic heterocycles. The van der Waals surface area contributed by atoms with Crippen molar-refractivity contribution in [2.75, 3.05) is 19.6 Å². The van der Waals surface area contributed by atoms with Crippen molar-refractivity contribution in [2.24, 2.45) is 0 Å². The van der Waals surface area contributed by atoms with Crippen LogP contribution in [-0.2, 0) is 14.0 Å². The number of rotatable bonds is 2. The van der Waals surface area contributed by atoms with E-state index in [4.69, 9.17) is 25.6 Å². The van der Waals surface area contributed by atoms with E-state index < -0.39 is 23.9 Å². The van der Waals surface area contributed by atoms with Gasteiger partial charge in [0.05, 0.1) is 11.2 Å². The van der Waals surface area contributed by atoms with E-state index in [0.29, 0.717) is 35.7 Å². The standard InChI is InChI=1S/C23H34BClN2O5/c1-15-14-26(11-12-27(15)20(29)30-21(2,3)4)19(28)16-9-10-18(25)17(13-16)24-31-22(5,6)23(7,8)32-24/h9-10,13,15H,11-12,14H2,1-8H3. The third-order valence-corrected chi connectivity index (χ3v) is 6.64. The monoisotopic (exact) mass is 464 g/mol. The number of carbonyl (C=O) groups excluding carboxylic acids is 2. The summed E-state index contributed by atoms with van der Waals surface area (Å²) in [7, 11) is -0.650. The lowest BCUT2D eigenvalue weighted by Crippen LogP contribution is -2.56. The second-order valence-electron chi connectivity index (χ2n) is 10.6. The van der Waals surface area contributed by atoms with E-state index in [2.05, 4.69) is 0 Å². The van der Waals surface area contributed by atoms with Gasteiger partial charge in [0.25, 0.3) is 5.91 Å². The van der Waals surface area contributed by atoms with Crippen molar-refractivity contribution in [1.82, 2.24) is 9.80 Å². The summed E-state index contributed by atoms with van der Waals surface area (Å²) in [6.07, 6.45) is -0.355. The Kier molecular flexibility index (Phi) is 6.64. The molecule has 1 aromatic rings. The number of hydrogen-bond donors (Lipinski definition) is 0. The topological polar surface area (TPSA) is 68.3 Å². The van der Waals surface area contributed by atoms with Crippen molar-refractivity contribution in [3.63, 3.8) is 0 Å². The number of carbonyl (C=O) groups is 2. The number of halogens is 1. The van der Waals surface area contributed by atoms with Crippen LogP contribution in [0.3, 0.4) is 0 Å². The Bertz CT molecular complexity index is 883. The molecule has 2 saturated heterocycles. The van der Waals surface area contributed by atoms with Gasteiger partial charge in [0.15, 0.2) is 0 Å². The third kappa shape index (κ3) is 5.08. The average molecular weight is 465 g/mol. The van der Waals surface area contributed by atoms with Gasteiger partial charge in [0.1, 0.15) is 5.60 Å². The fourth-order valence-corrected chi connectivity index (χ4v) is 3.95. The molecule has 2 fully saturated rings. The maximum Gasteiger partial charge on any atom is 0.496 e. The Balaban J connectivity index is 1.73. The van der Waals surface area contributed by atoms with Crippen LogP contribution < -0.4 is 5.46 Å². The molecule has 1 unspecified atom stereocenters. The van der Waals surface area contributed by atoms with Gasteiger partial charge in [-0.3, -0.25) is 4.79 Å². The van der Waals surface area contributed by atoms with Gasteiger partial charge in [-0.1, -0.05) is 11.6 Å². The van der Waals surface area contributed by atoms with Crippen molar-refractivity contribution in [1.29, 1.82) is 0 Å². The quantitative estimate of drug-likeness (QED) is 0.624. The lowest BCUT2D eigenvalue weighted by atomic mass is 9.78. The molecule has 0 aromatic heterocycles. The largest absolute Gasteiger partial charge is 0.496 e. The lowest BCUT2D eigenvalue weighted by molar-refractivity contribution is 0.00198. The van der Waals surface area contributed by atoms with Crippen LogP contribution in [-0.4, -0.2) is 71.4 Å². The van der Waals surface area contributed by atoms with Crippen molar-refractivity contribution < 1.29 is 23.6 Å². The molecule has 0 radical (unpaired) electrons. The number of piperazine rings is 1. The van der Waals surface area contributed by atoms with Crippen LogP contribution in [0.25, 0.3) is 0 Å². The lowest BCUT2D eigenvalue weighted by Gasteiger charge is -2.40. The Morgan fingerprint density at radius 2 is 1.72 bits per heavy atom. The number of benzene rings is 1. The van der Waals surface area contributed by atoms with Gasteiger partial charge in [0.2, 0.25) is 0 Å². The molecule has 32 heavy (non-hydrogen) atoms. The zero-order valence-corrected chi connectivity index (χ0v) is 21.1. The summed E-state index contributed by atoms with van der Waals surface area (Å²) in [5.41, 5.74) is -0.423. The maximum absolute atomic E-state index is 13.3. The van der Waals surface area contributed by atoms with Crippen LogP contribution in [0.4, 0.5) is 4.79 Å². The first-order valence-corrected chi connectivity index (χ1v) is 11.4. The summed E-state index contributed by atoms with van der Waals surface area (Å²) in [6.45, 7) is 16.6. The van der Waals surface area contributed by atoms with Gasteiger partial charge in [-0.2, -0.15) is 0 Å². The molecule has 3 rings (SSSR count). The SMILES string of the molecule is CC1CN(C(=O)c2ccc(Cl)c(B3OC(C)(C)C(C)(C)O3)c2)CCN1C(=O)OC(C)(C)C. The van der Waals surface area contributed by atoms with Gasteiger partial charge in [-0.05, 0) is 73.6 Å². The molecule has 2 amide bonds. The van der Waals surface area contributed by atoms with Crippen molar-refractivity contribution in [3.8, 4) is 0 Å². The summed E-state index contributed by atoms with van der Waals surface area (Å²) in [4.78, 5) is 29.1. The Hall–Kier alpha value is -1.77. The zero-order valence-electron chi connectivity index (χ0n) is 20.3. The highest BCUT2D eigenvalue weighted by Crippen LogP contribution is 2.37. The number of amides is 2. The fraction of sp³-hybridized carbons (Fsp3) is 0.652. The highest BCUT2D eigenvalue weighted by molar-refractivity contribution is 6.65. The fourth-order valence-electron chi connectivity index (χ4n) is 3.74. The van der Waals surface area contributed by atoms with Crippen LogP contribution in [0.1, 0.15) is 65.7 Å². The molecule has 0 N–H and O–H groups in total. The molecule has 0 spiro atoms. The minimum atomic E-state index is -0.650. The van der Waals surface area contributed by atoms with Crippen molar-refractivity contribution in [2.45, 2.75) is 78.2 Å². The van der Waals surface area contributed by atoms with E-state index in [9.17, 15) is 9.59 Å². The van der Waals surface area contributed by atoms with Gasteiger partial charge in [-0.25, -0.2) is 4.79 Å². The van der Waals surface area contributed by atoms with E-state index in [-0.39, 0.29) is 18.0 Å². The van der Waals surface area contributed by atoms with E-state index in [0.717, 1.165) is 0 Å². The summed E-state index contributed by atoms with van der Waals surface area (Å²) in [6, 6.07) is 5.01. The molecule has 0 bridgehead atoms. The summed E-state index contributed by atoms with van der Waals surface area (Å²) in [5.74, 6) is -0.116. The first-order valence-electron chi connectivity index (χ1n) is 11.1. The first kappa shape index (κ1) is 24.9. The molecule has 0 aliphatic carbocycles. The van der Waals surface area contributed by atoms with E-state index in [1.54, 1.807) is 28.0 Å². The van der Waals surface area contributed by atoms with Gasteiger partial charge in [-0.15, -0.1) is 0 Å². The van der Waals surface area contributed by atoms with Crippen LogP contribution in [0.15, 0.2) is 18.2 Å². The molecular weight excluding hydrogens is 431 g/mol. The summed E-state index contributed by atoms with van der Waals surface area (Å²) in [5, 5.41) is 0.489. The molecule has 1 atom stereocenters. The third-order valence-electron chi connectivity index (χ3n) is 6.29. The van der Waals surface area contributed by atoms with Gasteiger partial charge in [0, 0.05) is 41.7 Å². The van der Waals surface area contributed by atoms with Crippen molar-refractivity contribution >= 4 is 36.2 Å². The van der Waals surface area contributed by atoms with E-state index in [1.165, 1.54) is 0 Å². The predicted molar refractivity (Wildman–Crippen MR) is 125 cm³/mol. The predicted octanol–water partition coefficient (Wildman–Crippen LogP) is 3.72. The smallest absolute Gasteiger partial charge is 0.444 e. The van der Waals surface area contributed by atoms with Gasteiger partial charge < -0.3 is 23.8 Å². The summed E-state index contributed by atoms with van der Waals surface area (Å²) >= 11 is 6.44. The van der Waals surface area contributed by atoms with Crippen LogP contribution in [0.2, 0.25) is 5.02 Å². The molecule has 2 aliphatic rings. The molecule has 0 saturated carbocycles. The number of nitrogens with zero attached hydrogens (tertiary/aromatic N) is 2. The van der Waals surface area contributed by atoms with E-state index >= 15 is 0 Å². The second-order valence-corrected chi connectivity index (χ2v) is 11.0. The molecule has 1 aromatic carbocycles. The van der Waals surface area contributed by atoms with Gasteiger partial charge >= 0.3 is 13.2 Å².